The number of nitrogens with two attached hydrogens (primary N) is 1. The van der Waals surface area contributed by atoms with Gasteiger partial charge in [0.15, 0.2) is 0 Å². The average molecular weight is 258 g/mol. The third kappa shape index (κ3) is 2.27. The lowest BCUT2D eigenvalue weighted by Crippen LogP contribution is -2.03. The Morgan fingerprint density at radius 3 is 2.67 bits per heavy atom. The molecular formula is C15H18N2S. The van der Waals surface area contributed by atoms with Gasteiger partial charge < -0.3 is 5.73 Å². The van der Waals surface area contributed by atoms with Crippen molar-refractivity contribution in [1.29, 1.82) is 0 Å². The molecule has 94 valence electrons. The summed E-state index contributed by atoms with van der Waals surface area (Å²) in [4.78, 5) is 5.82. The fraction of sp³-hybridized carbons (Fsp3) is 0.400. The molecule has 0 unspecified atom stereocenters. The van der Waals surface area contributed by atoms with Crippen molar-refractivity contribution in [3.05, 3.63) is 35.5 Å². The summed E-state index contributed by atoms with van der Waals surface area (Å²) < 4.78 is 0. The first-order valence-electron chi connectivity index (χ1n) is 6.65. The molecule has 0 atom stereocenters. The van der Waals surface area contributed by atoms with E-state index in [-0.39, 0.29) is 0 Å². The van der Waals surface area contributed by atoms with E-state index in [0.29, 0.717) is 5.92 Å². The predicted octanol–water partition coefficient (Wildman–Crippen LogP) is 4.44. The Balaban J connectivity index is 1.87. The fourth-order valence-corrected chi connectivity index (χ4v) is 3.81. The zero-order valence-corrected chi connectivity index (χ0v) is 11.2. The Hall–Kier alpha value is -1.35. The molecule has 1 saturated carbocycles. The van der Waals surface area contributed by atoms with Gasteiger partial charge in [0.05, 0.1) is 9.88 Å². The number of rotatable bonds is 2. The van der Waals surface area contributed by atoms with Gasteiger partial charge in [-0.1, -0.05) is 37.5 Å². The molecule has 1 fully saturated rings. The van der Waals surface area contributed by atoms with E-state index in [0.717, 1.165) is 11.3 Å². The van der Waals surface area contributed by atoms with E-state index in [1.807, 2.05) is 35.7 Å². The van der Waals surface area contributed by atoms with Gasteiger partial charge in [0.2, 0.25) is 0 Å². The summed E-state index contributed by atoms with van der Waals surface area (Å²) in [6, 6.07) is 8.04. The minimum Gasteiger partial charge on any atom is -0.398 e. The molecule has 1 aliphatic carbocycles. The molecule has 3 heteroatoms. The van der Waals surface area contributed by atoms with E-state index in [9.17, 15) is 0 Å². The topological polar surface area (TPSA) is 38.9 Å². The van der Waals surface area contributed by atoms with Crippen molar-refractivity contribution in [2.75, 3.05) is 5.73 Å². The number of benzene rings is 1. The highest BCUT2D eigenvalue weighted by Crippen LogP contribution is 2.38. The van der Waals surface area contributed by atoms with Crippen LogP contribution in [0.5, 0.6) is 0 Å². The quantitative estimate of drug-likeness (QED) is 0.809. The van der Waals surface area contributed by atoms with E-state index in [2.05, 4.69) is 11.1 Å². The summed E-state index contributed by atoms with van der Waals surface area (Å²) >= 11 is 1.82. The second kappa shape index (κ2) is 5.11. The summed E-state index contributed by atoms with van der Waals surface area (Å²) in [5.41, 5.74) is 7.99. The molecule has 1 aliphatic rings. The number of para-hydroxylation sites is 1. The van der Waals surface area contributed by atoms with Crippen molar-refractivity contribution in [2.45, 2.75) is 38.0 Å². The lowest BCUT2D eigenvalue weighted by molar-refractivity contribution is 0.442. The van der Waals surface area contributed by atoms with E-state index >= 15 is 0 Å². The molecule has 2 nitrogen and oxygen atoms in total. The van der Waals surface area contributed by atoms with Crippen LogP contribution < -0.4 is 5.73 Å². The number of hydrogen-bond acceptors (Lipinski definition) is 3. The van der Waals surface area contributed by atoms with Gasteiger partial charge in [-0.3, -0.25) is 0 Å². The van der Waals surface area contributed by atoms with E-state index in [1.54, 1.807) is 0 Å². The molecule has 1 heterocycles. The molecule has 2 N–H and O–H groups in total. The van der Waals surface area contributed by atoms with Crippen LogP contribution in [0.25, 0.3) is 10.4 Å². The van der Waals surface area contributed by atoms with Gasteiger partial charge in [-0.2, -0.15) is 0 Å². The Kier molecular flexibility index (Phi) is 3.33. The van der Waals surface area contributed by atoms with Gasteiger partial charge in [-0.05, 0) is 18.9 Å². The monoisotopic (exact) mass is 258 g/mol. The number of aromatic nitrogens is 1. The number of nitrogen functional groups attached to an aromatic ring is 1. The van der Waals surface area contributed by atoms with Crippen molar-refractivity contribution in [1.82, 2.24) is 4.98 Å². The van der Waals surface area contributed by atoms with Gasteiger partial charge in [0.1, 0.15) is 0 Å². The summed E-state index contributed by atoms with van der Waals surface area (Å²) in [6.45, 7) is 0. The van der Waals surface area contributed by atoms with Gasteiger partial charge in [-0.25, -0.2) is 4.98 Å². The maximum Gasteiger partial charge on any atom is 0.0962 e. The third-order valence-electron chi connectivity index (χ3n) is 3.70. The number of thiazole rings is 1. The van der Waals surface area contributed by atoms with Crippen LogP contribution in [0.2, 0.25) is 0 Å². The van der Waals surface area contributed by atoms with Crippen LogP contribution in [-0.2, 0) is 0 Å². The zero-order chi connectivity index (χ0) is 12.4. The van der Waals surface area contributed by atoms with Gasteiger partial charge in [0.25, 0.3) is 0 Å². The van der Waals surface area contributed by atoms with Crippen LogP contribution in [-0.4, -0.2) is 4.98 Å². The molecule has 18 heavy (non-hydrogen) atoms. The van der Waals surface area contributed by atoms with Crippen molar-refractivity contribution < 1.29 is 0 Å². The van der Waals surface area contributed by atoms with Crippen LogP contribution in [0, 0.1) is 0 Å². The van der Waals surface area contributed by atoms with Crippen LogP contribution >= 0.6 is 11.3 Å². The second-order valence-corrected chi connectivity index (χ2v) is 6.05. The SMILES string of the molecule is Nc1ccccc1-c1cnc(C2CCCCC2)s1. The van der Waals surface area contributed by atoms with Crippen molar-refractivity contribution in [3.8, 4) is 10.4 Å². The summed E-state index contributed by atoms with van der Waals surface area (Å²) in [6.07, 6.45) is 8.69. The van der Waals surface area contributed by atoms with E-state index < -0.39 is 0 Å². The van der Waals surface area contributed by atoms with Gasteiger partial charge in [0, 0.05) is 23.4 Å². The minimum absolute atomic E-state index is 0.683. The standard InChI is InChI=1S/C15H18N2S/c16-13-9-5-4-8-12(13)14-10-17-15(18-14)11-6-2-1-3-7-11/h4-5,8-11H,1-3,6-7,16H2. The largest absolute Gasteiger partial charge is 0.398 e. The highest BCUT2D eigenvalue weighted by atomic mass is 32.1. The van der Waals surface area contributed by atoms with E-state index in [1.165, 1.54) is 42.0 Å². The number of anilines is 1. The first-order chi connectivity index (χ1) is 8.84. The number of hydrogen-bond donors (Lipinski definition) is 1. The molecule has 1 aromatic heterocycles. The Bertz CT molecular complexity index is 527. The normalized spacial score (nSPS) is 16.9. The Labute approximate surface area is 112 Å². The fourth-order valence-electron chi connectivity index (χ4n) is 2.67. The first kappa shape index (κ1) is 11.7. The van der Waals surface area contributed by atoms with Crippen molar-refractivity contribution in [2.24, 2.45) is 0 Å². The minimum atomic E-state index is 0.683. The maximum absolute atomic E-state index is 6.02. The van der Waals surface area contributed by atoms with E-state index in [4.69, 9.17) is 5.73 Å². The molecule has 2 aromatic rings. The van der Waals surface area contributed by atoms with Gasteiger partial charge >= 0.3 is 0 Å². The number of nitrogens with zero attached hydrogens (tertiary/aromatic N) is 1. The zero-order valence-electron chi connectivity index (χ0n) is 10.4. The lowest BCUT2D eigenvalue weighted by Gasteiger charge is -2.18. The summed E-state index contributed by atoms with van der Waals surface area (Å²) in [7, 11) is 0. The highest BCUT2D eigenvalue weighted by Gasteiger charge is 2.19. The van der Waals surface area contributed by atoms with Crippen LogP contribution in [0.15, 0.2) is 30.5 Å². The van der Waals surface area contributed by atoms with Crippen molar-refractivity contribution >= 4 is 17.0 Å². The van der Waals surface area contributed by atoms with Crippen LogP contribution in [0.1, 0.15) is 43.0 Å². The smallest absolute Gasteiger partial charge is 0.0962 e. The highest BCUT2D eigenvalue weighted by molar-refractivity contribution is 7.15. The molecule has 0 bridgehead atoms. The lowest BCUT2D eigenvalue weighted by atomic mass is 9.90. The van der Waals surface area contributed by atoms with Gasteiger partial charge in [-0.15, -0.1) is 11.3 Å². The second-order valence-electron chi connectivity index (χ2n) is 4.98. The first-order valence-corrected chi connectivity index (χ1v) is 7.47. The molecule has 0 saturated heterocycles. The average Bonchev–Trinajstić information content (AvgIpc) is 2.90. The van der Waals surface area contributed by atoms with Crippen molar-refractivity contribution in [3.63, 3.8) is 0 Å². The third-order valence-corrected chi connectivity index (χ3v) is 4.90. The molecular weight excluding hydrogens is 240 g/mol. The van der Waals surface area contributed by atoms with Crippen LogP contribution in [0.4, 0.5) is 5.69 Å². The molecule has 3 rings (SSSR count). The van der Waals surface area contributed by atoms with Crippen LogP contribution in [0.3, 0.4) is 0 Å². The molecule has 0 amide bonds. The molecule has 1 aromatic carbocycles. The molecule has 0 spiro atoms. The Morgan fingerprint density at radius 2 is 1.89 bits per heavy atom. The Morgan fingerprint density at radius 1 is 1.11 bits per heavy atom. The molecule has 0 radical (unpaired) electrons. The maximum atomic E-state index is 6.02. The predicted molar refractivity (Wildman–Crippen MR) is 77.8 cm³/mol. The molecule has 0 aliphatic heterocycles. The summed E-state index contributed by atoms with van der Waals surface area (Å²) in [5.74, 6) is 0.683. The summed E-state index contributed by atoms with van der Waals surface area (Å²) in [5, 5.41) is 1.30.